The van der Waals surface area contributed by atoms with Gasteiger partial charge < -0.3 is 8.60 Å². The van der Waals surface area contributed by atoms with Crippen molar-refractivity contribution >= 4 is 23.0 Å². The lowest BCUT2D eigenvalue weighted by atomic mass is 10.3. The Kier molecular flexibility index (Phi) is 2.06. The average Bonchev–Trinajstić information content (AvgIpc) is 2.47. The van der Waals surface area contributed by atoms with Crippen LogP contribution in [-0.4, -0.2) is 7.11 Å². The Hall–Kier alpha value is -0.930. The monoisotopic (exact) mass is 180 g/mol. The van der Waals surface area contributed by atoms with Crippen molar-refractivity contribution in [1.29, 1.82) is 0 Å². The lowest BCUT2D eigenvalue weighted by molar-refractivity contribution is 0.453. The van der Waals surface area contributed by atoms with Crippen LogP contribution in [0.4, 0.5) is 0 Å². The van der Waals surface area contributed by atoms with Gasteiger partial charge in [0.1, 0.15) is 5.58 Å². The number of fused-ring (bicyclic) bond motifs is 1. The Balaban J connectivity index is 2.47. The molecule has 0 unspecified atom stereocenters. The first-order chi connectivity index (χ1) is 5.90. The first-order valence-electron chi connectivity index (χ1n) is 3.59. The predicted octanol–water partition coefficient (Wildman–Crippen LogP) is 3.09. The summed E-state index contributed by atoms with van der Waals surface area (Å²) in [5.74, 6) is 0. The molecule has 1 aromatic heterocycles. The van der Waals surface area contributed by atoms with Gasteiger partial charge in [-0.1, -0.05) is 18.2 Å². The Bertz CT molecular complexity index is 348. The van der Waals surface area contributed by atoms with E-state index >= 15 is 0 Å². The Morgan fingerprint density at radius 2 is 2.17 bits per heavy atom. The molecular weight excluding hydrogens is 172 g/mol. The molecule has 0 aliphatic heterocycles. The molecule has 62 valence electrons. The fourth-order valence-electron chi connectivity index (χ4n) is 1.08. The second-order valence-electron chi connectivity index (χ2n) is 2.35. The Morgan fingerprint density at radius 1 is 1.33 bits per heavy atom. The molecule has 12 heavy (non-hydrogen) atoms. The topological polar surface area (TPSA) is 22.4 Å². The molecule has 2 aromatic rings. The maximum Gasteiger partial charge on any atom is 0.188 e. The third-order valence-electron chi connectivity index (χ3n) is 1.57. The summed E-state index contributed by atoms with van der Waals surface area (Å²) in [6.45, 7) is 0. The minimum absolute atomic E-state index is 0.790. The van der Waals surface area contributed by atoms with Gasteiger partial charge in [-0.25, -0.2) is 0 Å². The molecule has 0 fully saturated rings. The van der Waals surface area contributed by atoms with Crippen molar-refractivity contribution in [2.24, 2.45) is 0 Å². The Labute approximate surface area is 74.7 Å². The van der Waals surface area contributed by atoms with Gasteiger partial charge in [-0.05, 0) is 6.07 Å². The Morgan fingerprint density at radius 3 is 2.92 bits per heavy atom. The number of furan rings is 1. The molecule has 0 N–H and O–H groups in total. The van der Waals surface area contributed by atoms with Gasteiger partial charge in [0.25, 0.3) is 0 Å². The highest BCUT2D eigenvalue weighted by molar-refractivity contribution is 7.94. The molecule has 0 saturated carbocycles. The van der Waals surface area contributed by atoms with Crippen molar-refractivity contribution in [3.05, 3.63) is 30.3 Å². The second-order valence-corrected chi connectivity index (χ2v) is 3.26. The minimum Gasteiger partial charge on any atom is -0.448 e. The van der Waals surface area contributed by atoms with Crippen LogP contribution < -0.4 is 0 Å². The number of hydrogen-bond donors (Lipinski definition) is 0. The van der Waals surface area contributed by atoms with E-state index in [0.29, 0.717) is 0 Å². The molecular formula is C9H8O2S. The van der Waals surface area contributed by atoms with Crippen LogP contribution in [-0.2, 0) is 4.18 Å². The summed E-state index contributed by atoms with van der Waals surface area (Å²) in [6.07, 6.45) is 0. The number of rotatable bonds is 2. The molecule has 1 aromatic carbocycles. The molecule has 0 saturated heterocycles. The van der Waals surface area contributed by atoms with Gasteiger partial charge in [-0.3, -0.25) is 0 Å². The number of hydrogen-bond acceptors (Lipinski definition) is 3. The summed E-state index contributed by atoms with van der Waals surface area (Å²) in [4.78, 5) is 0. The van der Waals surface area contributed by atoms with Crippen molar-refractivity contribution < 1.29 is 8.60 Å². The highest BCUT2D eigenvalue weighted by Gasteiger charge is 2.01. The van der Waals surface area contributed by atoms with Gasteiger partial charge in [-0.2, -0.15) is 0 Å². The lowest BCUT2D eigenvalue weighted by Crippen LogP contribution is -1.62. The van der Waals surface area contributed by atoms with Crippen LogP contribution in [0, 0.1) is 0 Å². The van der Waals surface area contributed by atoms with Crippen LogP contribution in [0.2, 0.25) is 0 Å². The van der Waals surface area contributed by atoms with E-state index < -0.39 is 0 Å². The third-order valence-corrected chi connectivity index (χ3v) is 2.10. The normalized spacial score (nSPS) is 10.8. The van der Waals surface area contributed by atoms with Crippen molar-refractivity contribution in [3.63, 3.8) is 0 Å². The molecule has 1 heterocycles. The van der Waals surface area contributed by atoms with E-state index in [0.717, 1.165) is 16.1 Å². The zero-order chi connectivity index (χ0) is 8.39. The molecule has 0 radical (unpaired) electrons. The van der Waals surface area contributed by atoms with Crippen LogP contribution in [0.25, 0.3) is 11.0 Å². The molecule has 3 heteroatoms. The van der Waals surface area contributed by atoms with Gasteiger partial charge in [0, 0.05) is 11.5 Å². The van der Waals surface area contributed by atoms with Crippen LogP contribution >= 0.6 is 12.0 Å². The third kappa shape index (κ3) is 1.33. The van der Waals surface area contributed by atoms with Crippen molar-refractivity contribution in [2.75, 3.05) is 7.11 Å². The second kappa shape index (κ2) is 3.21. The highest BCUT2D eigenvalue weighted by atomic mass is 32.2. The van der Waals surface area contributed by atoms with E-state index in [1.807, 2.05) is 30.3 Å². The van der Waals surface area contributed by atoms with Crippen LogP contribution in [0.15, 0.2) is 39.8 Å². The van der Waals surface area contributed by atoms with Gasteiger partial charge >= 0.3 is 0 Å². The standard InChI is InChI=1S/C9H8O2S/c1-10-12-9-6-7-4-2-3-5-8(7)11-9/h2-6H,1H3. The summed E-state index contributed by atoms with van der Waals surface area (Å²) in [5, 5.41) is 1.90. The molecule has 2 rings (SSSR count). The molecule has 2 nitrogen and oxygen atoms in total. The molecule has 0 spiro atoms. The largest absolute Gasteiger partial charge is 0.448 e. The van der Waals surface area contributed by atoms with E-state index in [1.165, 1.54) is 12.0 Å². The zero-order valence-corrected chi connectivity index (χ0v) is 7.43. The summed E-state index contributed by atoms with van der Waals surface area (Å²) in [7, 11) is 1.62. The molecule has 0 bridgehead atoms. The highest BCUT2D eigenvalue weighted by Crippen LogP contribution is 2.26. The molecule has 0 atom stereocenters. The number of para-hydroxylation sites is 1. The maximum absolute atomic E-state index is 5.45. The van der Waals surface area contributed by atoms with Gasteiger partial charge in [0.05, 0.1) is 19.2 Å². The minimum atomic E-state index is 0.790. The van der Waals surface area contributed by atoms with Crippen LogP contribution in [0.1, 0.15) is 0 Å². The number of benzene rings is 1. The molecule has 0 amide bonds. The van der Waals surface area contributed by atoms with Gasteiger partial charge in [-0.15, -0.1) is 0 Å². The summed E-state index contributed by atoms with van der Waals surface area (Å²) in [5.41, 5.74) is 0.900. The van der Waals surface area contributed by atoms with Crippen molar-refractivity contribution in [3.8, 4) is 0 Å². The molecule has 0 aliphatic carbocycles. The predicted molar refractivity (Wildman–Crippen MR) is 49.1 cm³/mol. The van der Waals surface area contributed by atoms with Gasteiger partial charge in [0.15, 0.2) is 5.09 Å². The van der Waals surface area contributed by atoms with E-state index in [-0.39, 0.29) is 0 Å². The lowest BCUT2D eigenvalue weighted by Gasteiger charge is -1.87. The van der Waals surface area contributed by atoms with E-state index in [1.54, 1.807) is 7.11 Å². The average molecular weight is 180 g/mol. The zero-order valence-electron chi connectivity index (χ0n) is 6.61. The fourth-order valence-corrected chi connectivity index (χ4v) is 1.54. The van der Waals surface area contributed by atoms with E-state index in [9.17, 15) is 0 Å². The van der Waals surface area contributed by atoms with Gasteiger partial charge in [0.2, 0.25) is 0 Å². The quantitative estimate of drug-likeness (QED) is 0.663. The summed E-state index contributed by atoms with van der Waals surface area (Å²) in [6, 6.07) is 9.85. The first-order valence-corrected chi connectivity index (χ1v) is 4.33. The SMILES string of the molecule is COSc1cc2ccccc2o1. The van der Waals surface area contributed by atoms with E-state index in [2.05, 4.69) is 0 Å². The fraction of sp³-hybridized carbons (Fsp3) is 0.111. The summed E-state index contributed by atoms with van der Waals surface area (Å²) >= 11 is 1.23. The van der Waals surface area contributed by atoms with Crippen molar-refractivity contribution in [2.45, 2.75) is 5.09 Å². The maximum atomic E-state index is 5.45. The van der Waals surface area contributed by atoms with E-state index in [4.69, 9.17) is 8.60 Å². The smallest absolute Gasteiger partial charge is 0.188 e. The van der Waals surface area contributed by atoms with Crippen LogP contribution in [0.5, 0.6) is 0 Å². The first kappa shape index (κ1) is 7.71. The summed E-state index contributed by atoms with van der Waals surface area (Å²) < 4.78 is 10.3. The van der Waals surface area contributed by atoms with Crippen LogP contribution in [0.3, 0.4) is 0 Å². The van der Waals surface area contributed by atoms with Crippen molar-refractivity contribution in [1.82, 2.24) is 0 Å². The molecule has 0 aliphatic rings.